The van der Waals surface area contributed by atoms with Gasteiger partial charge in [-0.3, -0.25) is 14.4 Å². The third-order valence-corrected chi connectivity index (χ3v) is 14.6. The van der Waals surface area contributed by atoms with E-state index in [9.17, 15) is 14.4 Å². The van der Waals surface area contributed by atoms with Crippen LogP contribution in [-0.4, -0.2) is 37.2 Å². The Hall–Kier alpha value is -3.41. The van der Waals surface area contributed by atoms with Gasteiger partial charge in [0.15, 0.2) is 6.10 Å². The first-order valence-corrected chi connectivity index (χ1v) is 33.6. The molecule has 78 heavy (non-hydrogen) atoms. The van der Waals surface area contributed by atoms with E-state index < -0.39 is 6.10 Å². The van der Waals surface area contributed by atoms with Crippen LogP contribution in [0.2, 0.25) is 0 Å². The van der Waals surface area contributed by atoms with E-state index in [2.05, 4.69) is 106 Å². The molecule has 0 rings (SSSR count). The van der Waals surface area contributed by atoms with Crippen LogP contribution in [0.4, 0.5) is 0 Å². The van der Waals surface area contributed by atoms with E-state index in [4.69, 9.17) is 14.2 Å². The second-order valence-electron chi connectivity index (χ2n) is 22.4. The number of unbranched alkanes of at least 4 members (excludes halogenated alkanes) is 36. The van der Waals surface area contributed by atoms with Crippen molar-refractivity contribution in [2.24, 2.45) is 0 Å². The van der Waals surface area contributed by atoms with Crippen molar-refractivity contribution >= 4 is 17.9 Å². The predicted molar refractivity (Wildman–Crippen MR) is 339 cm³/mol. The highest BCUT2D eigenvalue weighted by molar-refractivity contribution is 5.71. The first kappa shape index (κ1) is 74.6. The Labute approximate surface area is 484 Å². The molecule has 0 spiro atoms. The molecule has 0 aliphatic rings. The number of carbonyl (C=O) groups is 3. The number of esters is 3. The molecule has 1 atom stereocenters. The highest BCUT2D eigenvalue weighted by Crippen LogP contribution is 2.17. The molecule has 450 valence electrons. The van der Waals surface area contributed by atoms with Crippen LogP contribution in [-0.2, 0) is 28.6 Å². The van der Waals surface area contributed by atoms with Crippen molar-refractivity contribution in [2.75, 3.05) is 13.2 Å². The van der Waals surface area contributed by atoms with Gasteiger partial charge in [-0.1, -0.05) is 305 Å². The summed E-state index contributed by atoms with van der Waals surface area (Å²) in [5, 5.41) is 0. The maximum atomic E-state index is 12.9. The molecule has 0 aromatic carbocycles. The van der Waals surface area contributed by atoms with Gasteiger partial charge in [-0.05, 0) is 96.3 Å². The molecule has 0 fully saturated rings. The van der Waals surface area contributed by atoms with Gasteiger partial charge >= 0.3 is 17.9 Å². The molecule has 0 bridgehead atoms. The van der Waals surface area contributed by atoms with Crippen LogP contribution in [0.1, 0.15) is 335 Å². The molecule has 0 aromatic heterocycles. The molecular formula is C72H126O6. The lowest BCUT2D eigenvalue weighted by molar-refractivity contribution is -0.167. The molecular weight excluding hydrogens is 961 g/mol. The Morgan fingerprint density at radius 2 is 0.500 bits per heavy atom. The van der Waals surface area contributed by atoms with Crippen LogP contribution in [0.5, 0.6) is 0 Å². The van der Waals surface area contributed by atoms with Crippen LogP contribution in [0.3, 0.4) is 0 Å². The molecule has 0 saturated carbocycles. The van der Waals surface area contributed by atoms with Gasteiger partial charge in [-0.15, -0.1) is 0 Å². The van der Waals surface area contributed by atoms with Crippen molar-refractivity contribution in [3.05, 3.63) is 85.1 Å². The number of carbonyl (C=O) groups excluding carboxylic acids is 3. The molecule has 6 nitrogen and oxygen atoms in total. The SMILES string of the molecule is CC/C=C\C/C=C\C/C=C\C/C=C\C/C=C\C/C=C\CCCCCCC(=O)OCC(COC(=O)CCCCCCCCC/C=C\CCCCCCCCC)OC(=O)CCCCCCCCCCCCCCCCCCCCC. The molecule has 0 aliphatic heterocycles. The summed E-state index contributed by atoms with van der Waals surface area (Å²) in [7, 11) is 0. The van der Waals surface area contributed by atoms with Crippen molar-refractivity contribution < 1.29 is 28.6 Å². The second kappa shape index (κ2) is 66.1. The zero-order valence-corrected chi connectivity index (χ0v) is 51.7. The smallest absolute Gasteiger partial charge is 0.306 e. The fourth-order valence-electron chi connectivity index (χ4n) is 9.62. The maximum absolute atomic E-state index is 12.9. The van der Waals surface area contributed by atoms with Crippen molar-refractivity contribution in [1.82, 2.24) is 0 Å². The molecule has 0 saturated heterocycles. The van der Waals surface area contributed by atoms with Gasteiger partial charge < -0.3 is 14.2 Å². The molecule has 0 amide bonds. The number of hydrogen-bond donors (Lipinski definition) is 0. The van der Waals surface area contributed by atoms with Crippen molar-refractivity contribution in [3.63, 3.8) is 0 Å². The second-order valence-corrected chi connectivity index (χ2v) is 22.4. The van der Waals surface area contributed by atoms with E-state index in [1.807, 2.05) is 0 Å². The minimum Gasteiger partial charge on any atom is -0.462 e. The summed E-state index contributed by atoms with van der Waals surface area (Å²) < 4.78 is 17.0. The Balaban J connectivity index is 4.42. The minimum absolute atomic E-state index is 0.0842. The summed E-state index contributed by atoms with van der Waals surface area (Å²) in [5.41, 5.74) is 0. The molecule has 6 heteroatoms. The summed E-state index contributed by atoms with van der Waals surface area (Å²) >= 11 is 0. The Morgan fingerprint density at radius 1 is 0.269 bits per heavy atom. The quantitative estimate of drug-likeness (QED) is 0.0261. The van der Waals surface area contributed by atoms with E-state index in [-0.39, 0.29) is 31.1 Å². The molecule has 0 radical (unpaired) electrons. The van der Waals surface area contributed by atoms with Crippen LogP contribution in [0.25, 0.3) is 0 Å². The largest absolute Gasteiger partial charge is 0.462 e. The monoisotopic (exact) mass is 1090 g/mol. The number of ether oxygens (including phenoxy) is 3. The summed E-state index contributed by atoms with van der Waals surface area (Å²) in [6.07, 6.45) is 87.3. The third kappa shape index (κ3) is 63.4. The minimum atomic E-state index is -0.790. The van der Waals surface area contributed by atoms with Gasteiger partial charge in [0.05, 0.1) is 0 Å². The standard InChI is InChI=1S/C72H126O6/c1-4-7-10-13-16-19-22-25-28-31-34-35-36-37-39-41-44-47-50-53-56-59-62-65-71(74)77-68-69(67-76-70(73)64-61-58-55-52-49-46-43-40-33-30-27-24-21-18-15-12-9-6-3)78-72(75)66-63-60-57-54-51-48-45-42-38-32-29-26-23-20-17-14-11-8-5-2/h7,10,16,19,25,28,30,33-35,37,39,44,47,69H,4-6,8-9,11-15,17-18,20-24,26-27,29,31-32,36,38,40-43,45-46,48-68H2,1-3H3/b10-7-,19-16-,28-25-,33-30-,35-34-,39-37-,47-44-. The van der Waals surface area contributed by atoms with Crippen LogP contribution in [0, 0.1) is 0 Å². The summed E-state index contributed by atoms with van der Waals surface area (Å²) in [6.45, 7) is 6.55. The van der Waals surface area contributed by atoms with E-state index >= 15 is 0 Å². The number of rotatable bonds is 61. The lowest BCUT2D eigenvalue weighted by Gasteiger charge is -2.18. The topological polar surface area (TPSA) is 78.9 Å². The number of allylic oxidation sites excluding steroid dienone is 14. The average Bonchev–Trinajstić information content (AvgIpc) is 3.44. The first-order chi connectivity index (χ1) is 38.5. The Kier molecular flexibility index (Phi) is 63.2. The van der Waals surface area contributed by atoms with Crippen molar-refractivity contribution in [1.29, 1.82) is 0 Å². The predicted octanol–water partition coefficient (Wildman–Crippen LogP) is 23.1. The van der Waals surface area contributed by atoms with Crippen molar-refractivity contribution in [2.45, 2.75) is 341 Å². The highest BCUT2D eigenvalue weighted by Gasteiger charge is 2.19. The van der Waals surface area contributed by atoms with Gasteiger partial charge in [0.25, 0.3) is 0 Å². The highest BCUT2D eigenvalue weighted by atomic mass is 16.6. The van der Waals surface area contributed by atoms with E-state index in [0.717, 1.165) is 109 Å². The fraction of sp³-hybridized carbons (Fsp3) is 0.764. The van der Waals surface area contributed by atoms with Crippen LogP contribution >= 0.6 is 0 Å². The summed E-state index contributed by atoms with van der Waals surface area (Å²) in [4.78, 5) is 38.4. The van der Waals surface area contributed by atoms with Crippen LogP contribution < -0.4 is 0 Å². The molecule has 0 heterocycles. The molecule has 0 aliphatic carbocycles. The zero-order valence-electron chi connectivity index (χ0n) is 51.7. The average molecular weight is 1090 g/mol. The molecule has 0 N–H and O–H groups in total. The molecule has 0 aromatic rings. The normalized spacial score (nSPS) is 12.6. The van der Waals surface area contributed by atoms with Gasteiger partial charge in [0.1, 0.15) is 13.2 Å². The Morgan fingerprint density at radius 3 is 0.795 bits per heavy atom. The van der Waals surface area contributed by atoms with Gasteiger partial charge in [0, 0.05) is 19.3 Å². The maximum Gasteiger partial charge on any atom is 0.306 e. The zero-order chi connectivity index (χ0) is 56.4. The lowest BCUT2D eigenvalue weighted by Crippen LogP contribution is -2.30. The van der Waals surface area contributed by atoms with Gasteiger partial charge in [0.2, 0.25) is 0 Å². The lowest BCUT2D eigenvalue weighted by atomic mass is 10.0. The Bertz CT molecular complexity index is 1480. The van der Waals surface area contributed by atoms with Gasteiger partial charge in [-0.2, -0.15) is 0 Å². The summed E-state index contributed by atoms with van der Waals surface area (Å²) in [6, 6.07) is 0. The van der Waals surface area contributed by atoms with Crippen molar-refractivity contribution in [3.8, 4) is 0 Å². The van der Waals surface area contributed by atoms with Crippen LogP contribution in [0.15, 0.2) is 85.1 Å². The molecule has 1 unspecified atom stereocenters. The number of hydrogen-bond acceptors (Lipinski definition) is 6. The van der Waals surface area contributed by atoms with E-state index in [1.54, 1.807) is 0 Å². The first-order valence-electron chi connectivity index (χ1n) is 33.6. The summed E-state index contributed by atoms with van der Waals surface area (Å²) in [5.74, 6) is -0.896. The third-order valence-electron chi connectivity index (χ3n) is 14.6. The van der Waals surface area contributed by atoms with Gasteiger partial charge in [-0.25, -0.2) is 0 Å². The van der Waals surface area contributed by atoms with E-state index in [0.29, 0.717) is 19.3 Å². The van der Waals surface area contributed by atoms with E-state index in [1.165, 1.54) is 186 Å². The fourth-order valence-corrected chi connectivity index (χ4v) is 9.62.